The summed E-state index contributed by atoms with van der Waals surface area (Å²) in [6.45, 7) is 5.65. The highest BCUT2D eigenvalue weighted by Crippen LogP contribution is 2.24. The van der Waals surface area contributed by atoms with Crippen molar-refractivity contribution in [1.29, 1.82) is 0 Å². The van der Waals surface area contributed by atoms with Crippen LogP contribution in [0.3, 0.4) is 0 Å². The smallest absolute Gasteiger partial charge is 0.307 e. The van der Waals surface area contributed by atoms with Crippen LogP contribution in [-0.2, 0) is 14.8 Å². The van der Waals surface area contributed by atoms with Gasteiger partial charge in [-0.15, -0.1) is 0 Å². The molecule has 0 bridgehead atoms. The van der Waals surface area contributed by atoms with Crippen molar-refractivity contribution in [2.75, 3.05) is 6.54 Å². The number of hydrogen-bond acceptors (Lipinski definition) is 3. The Labute approximate surface area is 133 Å². The monoisotopic (exact) mass is 377 g/mol. The Morgan fingerprint density at radius 2 is 1.81 bits per heavy atom. The number of benzene rings is 1. The van der Waals surface area contributed by atoms with E-state index in [2.05, 4.69) is 20.7 Å². The third-order valence-corrected chi connectivity index (χ3v) is 4.82. The van der Waals surface area contributed by atoms with Gasteiger partial charge in [0.15, 0.2) is 0 Å². The zero-order valence-electron chi connectivity index (χ0n) is 12.3. The van der Waals surface area contributed by atoms with Gasteiger partial charge in [-0.25, -0.2) is 13.1 Å². The summed E-state index contributed by atoms with van der Waals surface area (Å²) in [6.07, 6.45) is 0.394. The van der Waals surface area contributed by atoms with Crippen LogP contribution in [0.15, 0.2) is 33.6 Å². The quantitative estimate of drug-likeness (QED) is 0.798. The van der Waals surface area contributed by atoms with Gasteiger partial charge in [0.25, 0.3) is 0 Å². The highest BCUT2D eigenvalue weighted by Gasteiger charge is 2.26. The standard InChI is InChI=1S/C14H20BrNO4S/c1-14(2,3)8-10(13(17)18)9-16-21(19,20)12-6-4-11(15)5-7-12/h4-7,10,16H,8-9H2,1-3H3,(H,17,18). The van der Waals surface area contributed by atoms with Gasteiger partial charge in [0.2, 0.25) is 10.0 Å². The molecule has 1 rings (SSSR count). The Kier molecular flexibility index (Phi) is 5.95. The summed E-state index contributed by atoms with van der Waals surface area (Å²) in [7, 11) is -3.70. The van der Waals surface area contributed by atoms with Crippen LogP contribution in [0.1, 0.15) is 27.2 Å². The summed E-state index contributed by atoms with van der Waals surface area (Å²) in [5.41, 5.74) is -0.188. The van der Waals surface area contributed by atoms with E-state index in [-0.39, 0.29) is 16.9 Å². The van der Waals surface area contributed by atoms with Gasteiger partial charge in [-0.1, -0.05) is 36.7 Å². The maximum Gasteiger partial charge on any atom is 0.307 e. The molecule has 0 saturated carbocycles. The van der Waals surface area contributed by atoms with Crippen molar-refractivity contribution in [1.82, 2.24) is 4.72 Å². The summed E-state index contributed by atoms with van der Waals surface area (Å²) in [4.78, 5) is 11.4. The molecule has 0 aliphatic heterocycles. The third kappa shape index (κ3) is 6.15. The minimum atomic E-state index is -3.70. The number of halogens is 1. The topological polar surface area (TPSA) is 83.5 Å². The van der Waals surface area contributed by atoms with Crippen molar-refractivity contribution in [3.8, 4) is 0 Å². The SMILES string of the molecule is CC(C)(C)CC(CNS(=O)(=O)c1ccc(Br)cc1)C(=O)O. The zero-order valence-corrected chi connectivity index (χ0v) is 14.7. The summed E-state index contributed by atoms with van der Waals surface area (Å²) < 4.78 is 27.4. The van der Waals surface area contributed by atoms with Gasteiger partial charge in [-0.2, -0.15) is 0 Å². The molecule has 1 atom stereocenters. The molecule has 0 aromatic heterocycles. The molecule has 0 radical (unpaired) electrons. The molecular weight excluding hydrogens is 358 g/mol. The lowest BCUT2D eigenvalue weighted by atomic mass is 9.85. The van der Waals surface area contributed by atoms with E-state index < -0.39 is 21.9 Å². The second kappa shape index (κ2) is 6.89. The van der Waals surface area contributed by atoms with Gasteiger partial charge in [-0.3, -0.25) is 4.79 Å². The zero-order chi connectivity index (χ0) is 16.3. The molecule has 0 amide bonds. The van der Waals surface area contributed by atoms with Crippen molar-refractivity contribution >= 4 is 31.9 Å². The number of rotatable bonds is 6. The average molecular weight is 378 g/mol. The van der Waals surface area contributed by atoms with E-state index in [1.54, 1.807) is 12.1 Å². The van der Waals surface area contributed by atoms with E-state index >= 15 is 0 Å². The summed E-state index contributed by atoms with van der Waals surface area (Å²) in [6, 6.07) is 6.18. The van der Waals surface area contributed by atoms with Crippen molar-refractivity contribution in [3.05, 3.63) is 28.7 Å². The number of carboxylic acids is 1. The molecule has 0 aliphatic rings. The van der Waals surface area contributed by atoms with Crippen molar-refractivity contribution < 1.29 is 18.3 Å². The molecule has 0 spiro atoms. The molecule has 118 valence electrons. The van der Waals surface area contributed by atoms with Gasteiger partial charge in [0, 0.05) is 11.0 Å². The first-order chi connectivity index (χ1) is 9.51. The van der Waals surface area contributed by atoms with Crippen molar-refractivity contribution in [3.63, 3.8) is 0 Å². The molecule has 0 fully saturated rings. The molecule has 7 heteroatoms. The third-order valence-electron chi connectivity index (χ3n) is 2.85. The van der Waals surface area contributed by atoms with E-state index in [4.69, 9.17) is 0 Å². The van der Waals surface area contributed by atoms with Crippen LogP contribution in [0, 0.1) is 11.3 Å². The molecule has 0 saturated heterocycles. The molecule has 5 nitrogen and oxygen atoms in total. The average Bonchev–Trinajstić information content (AvgIpc) is 2.33. The Hall–Kier alpha value is -0.920. The lowest BCUT2D eigenvalue weighted by molar-refractivity contribution is -0.142. The molecule has 1 unspecified atom stereocenters. The molecule has 2 N–H and O–H groups in total. The summed E-state index contributed by atoms with van der Waals surface area (Å²) >= 11 is 3.23. The first kappa shape index (κ1) is 18.1. The molecule has 0 aliphatic carbocycles. The molecule has 0 heterocycles. The first-order valence-electron chi connectivity index (χ1n) is 6.49. The fourth-order valence-electron chi connectivity index (χ4n) is 1.89. The normalized spacial score (nSPS) is 13.9. The number of carbonyl (C=O) groups is 1. The number of sulfonamides is 1. The molecule has 1 aromatic rings. The maximum absolute atomic E-state index is 12.1. The molecule has 1 aromatic carbocycles. The van der Waals surface area contributed by atoms with Crippen LogP contribution in [-0.4, -0.2) is 26.0 Å². The van der Waals surface area contributed by atoms with E-state index in [0.29, 0.717) is 6.42 Å². The van der Waals surface area contributed by atoms with Crippen LogP contribution in [0.5, 0.6) is 0 Å². The molecular formula is C14H20BrNO4S. The fourth-order valence-corrected chi connectivity index (χ4v) is 3.24. The number of aliphatic carboxylic acids is 1. The Balaban J connectivity index is 2.79. The highest BCUT2D eigenvalue weighted by molar-refractivity contribution is 9.10. The van der Waals surface area contributed by atoms with Crippen molar-refractivity contribution in [2.24, 2.45) is 11.3 Å². The minimum absolute atomic E-state index is 0.116. The second-order valence-corrected chi connectivity index (χ2v) is 8.79. The highest BCUT2D eigenvalue weighted by atomic mass is 79.9. The Morgan fingerprint density at radius 1 is 1.29 bits per heavy atom. The van der Waals surface area contributed by atoms with E-state index in [0.717, 1.165) is 4.47 Å². The summed E-state index contributed by atoms with van der Waals surface area (Å²) in [5, 5.41) is 9.20. The van der Waals surface area contributed by atoms with Gasteiger partial charge in [0.1, 0.15) is 0 Å². The minimum Gasteiger partial charge on any atom is -0.481 e. The summed E-state index contributed by atoms with van der Waals surface area (Å²) in [5.74, 6) is -1.75. The number of nitrogens with one attached hydrogen (secondary N) is 1. The van der Waals surface area contributed by atoms with Crippen LogP contribution < -0.4 is 4.72 Å². The van der Waals surface area contributed by atoms with E-state index in [1.165, 1.54) is 12.1 Å². The van der Waals surface area contributed by atoms with Crippen LogP contribution in [0.25, 0.3) is 0 Å². The van der Waals surface area contributed by atoms with Crippen molar-refractivity contribution in [2.45, 2.75) is 32.1 Å². The van der Waals surface area contributed by atoms with Crippen LogP contribution in [0.2, 0.25) is 0 Å². The first-order valence-corrected chi connectivity index (χ1v) is 8.77. The van der Waals surface area contributed by atoms with E-state index in [1.807, 2.05) is 20.8 Å². The fraction of sp³-hybridized carbons (Fsp3) is 0.500. The number of hydrogen-bond donors (Lipinski definition) is 2. The van der Waals surface area contributed by atoms with Gasteiger partial charge < -0.3 is 5.11 Å². The largest absolute Gasteiger partial charge is 0.481 e. The molecule has 21 heavy (non-hydrogen) atoms. The Bertz CT molecular complexity index is 590. The van der Waals surface area contributed by atoms with Gasteiger partial charge >= 0.3 is 5.97 Å². The lowest BCUT2D eigenvalue weighted by Gasteiger charge is -2.23. The van der Waals surface area contributed by atoms with Gasteiger partial charge in [-0.05, 0) is 36.1 Å². The van der Waals surface area contributed by atoms with Gasteiger partial charge in [0.05, 0.1) is 10.8 Å². The van der Waals surface area contributed by atoms with E-state index in [9.17, 15) is 18.3 Å². The number of carboxylic acid groups (broad SMARTS) is 1. The Morgan fingerprint density at radius 3 is 2.24 bits per heavy atom. The second-order valence-electron chi connectivity index (χ2n) is 6.11. The lowest BCUT2D eigenvalue weighted by Crippen LogP contribution is -2.35. The predicted molar refractivity (Wildman–Crippen MR) is 84.5 cm³/mol. The van der Waals surface area contributed by atoms with Crippen LogP contribution in [0.4, 0.5) is 0 Å². The van der Waals surface area contributed by atoms with Crippen LogP contribution >= 0.6 is 15.9 Å². The maximum atomic E-state index is 12.1. The predicted octanol–water partition coefficient (Wildman–Crippen LogP) is 2.86.